The molecule has 0 unspecified atom stereocenters. The number of anilines is 1. The highest BCUT2D eigenvalue weighted by molar-refractivity contribution is 5.92. The predicted octanol–water partition coefficient (Wildman–Crippen LogP) is 3.51. The topological polar surface area (TPSA) is 61.4 Å². The largest absolute Gasteiger partial charge is 0.350 e. The van der Waals surface area contributed by atoms with E-state index in [1.165, 1.54) is 0 Å². The van der Waals surface area contributed by atoms with Gasteiger partial charge in [-0.1, -0.05) is 48.5 Å². The van der Waals surface area contributed by atoms with Gasteiger partial charge >= 0.3 is 6.03 Å². The maximum absolute atomic E-state index is 12.3. The smallest absolute Gasteiger partial charge is 0.321 e. The minimum Gasteiger partial charge on any atom is -0.350 e. The number of carbonyl (C=O) groups excluding carboxylic acids is 2. The van der Waals surface area contributed by atoms with Crippen LogP contribution in [0.5, 0.6) is 0 Å². The highest BCUT2D eigenvalue weighted by atomic mass is 16.2. The van der Waals surface area contributed by atoms with E-state index >= 15 is 0 Å². The SMILES string of the molecule is O=C(/C=C/c1ccccc1)NC1CCN(C(=O)Nc2ccccc2)CC1. The van der Waals surface area contributed by atoms with Gasteiger partial charge in [-0.15, -0.1) is 0 Å². The number of carbonyl (C=O) groups is 2. The Bertz CT molecular complexity index is 751. The number of piperidine rings is 1. The van der Waals surface area contributed by atoms with Crippen LogP contribution in [0.1, 0.15) is 18.4 Å². The highest BCUT2D eigenvalue weighted by Gasteiger charge is 2.23. The molecule has 0 spiro atoms. The fourth-order valence-electron chi connectivity index (χ4n) is 2.94. The molecule has 1 fully saturated rings. The van der Waals surface area contributed by atoms with E-state index in [2.05, 4.69) is 10.6 Å². The van der Waals surface area contributed by atoms with Gasteiger partial charge in [-0.25, -0.2) is 4.79 Å². The second-order valence-corrected chi connectivity index (χ2v) is 6.31. The summed E-state index contributed by atoms with van der Waals surface area (Å²) in [4.78, 5) is 26.1. The molecule has 3 amide bonds. The third kappa shape index (κ3) is 5.21. The Balaban J connectivity index is 1.42. The second-order valence-electron chi connectivity index (χ2n) is 6.31. The number of benzene rings is 2. The Labute approximate surface area is 153 Å². The molecule has 0 aromatic heterocycles. The molecule has 2 N–H and O–H groups in total. The van der Waals surface area contributed by atoms with E-state index < -0.39 is 0 Å². The van der Waals surface area contributed by atoms with E-state index in [-0.39, 0.29) is 18.0 Å². The van der Waals surface area contributed by atoms with Crippen molar-refractivity contribution in [3.63, 3.8) is 0 Å². The Morgan fingerprint density at radius 3 is 2.19 bits per heavy atom. The quantitative estimate of drug-likeness (QED) is 0.830. The molecule has 0 atom stereocenters. The highest BCUT2D eigenvalue weighted by Crippen LogP contribution is 2.13. The average molecular weight is 349 g/mol. The maximum atomic E-state index is 12.3. The summed E-state index contributed by atoms with van der Waals surface area (Å²) >= 11 is 0. The molecule has 5 heteroatoms. The number of likely N-dealkylation sites (tertiary alicyclic amines) is 1. The summed E-state index contributed by atoms with van der Waals surface area (Å²) in [6, 6.07) is 19.2. The number of rotatable bonds is 4. The van der Waals surface area contributed by atoms with Gasteiger partial charge in [0.05, 0.1) is 0 Å². The average Bonchev–Trinajstić information content (AvgIpc) is 2.68. The van der Waals surface area contributed by atoms with Crippen molar-refractivity contribution >= 4 is 23.7 Å². The van der Waals surface area contributed by atoms with Crippen LogP contribution in [-0.4, -0.2) is 36.0 Å². The van der Waals surface area contributed by atoms with Crippen molar-refractivity contribution in [2.75, 3.05) is 18.4 Å². The minimum absolute atomic E-state index is 0.0926. The third-order valence-corrected chi connectivity index (χ3v) is 4.38. The Morgan fingerprint density at radius 2 is 1.54 bits per heavy atom. The van der Waals surface area contributed by atoms with E-state index in [1.54, 1.807) is 17.1 Å². The molecule has 0 radical (unpaired) electrons. The van der Waals surface area contributed by atoms with E-state index in [1.807, 2.05) is 60.7 Å². The molecule has 134 valence electrons. The van der Waals surface area contributed by atoms with Crippen LogP contribution in [0.25, 0.3) is 6.08 Å². The summed E-state index contributed by atoms with van der Waals surface area (Å²) in [7, 11) is 0. The van der Waals surface area contributed by atoms with Crippen molar-refractivity contribution in [1.29, 1.82) is 0 Å². The molecule has 0 saturated carbocycles. The first kappa shape index (κ1) is 17.7. The molecule has 26 heavy (non-hydrogen) atoms. The van der Waals surface area contributed by atoms with E-state index in [4.69, 9.17) is 0 Å². The van der Waals surface area contributed by atoms with Gasteiger partial charge in [-0.2, -0.15) is 0 Å². The molecule has 2 aromatic carbocycles. The zero-order chi connectivity index (χ0) is 18.2. The van der Waals surface area contributed by atoms with Gasteiger partial charge in [-0.05, 0) is 36.6 Å². The van der Waals surface area contributed by atoms with E-state index in [0.29, 0.717) is 13.1 Å². The first-order valence-electron chi connectivity index (χ1n) is 8.85. The standard InChI is InChI=1S/C21H23N3O2/c25-20(12-11-17-7-3-1-4-8-17)22-19-13-15-24(16-14-19)21(26)23-18-9-5-2-6-10-18/h1-12,19H,13-16H2,(H,22,25)(H,23,26)/b12-11+. The number of nitrogens with one attached hydrogen (secondary N) is 2. The van der Waals surface area contributed by atoms with Crippen LogP contribution in [0.15, 0.2) is 66.7 Å². The molecule has 1 aliphatic heterocycles. The molecule has 3 rings (SSSR count). The normalized spacial score (nSPS) is 15.0. The predicted molar refractivity (Wildman–Crippen MR) is 104 cm³/mol. The fraction of sp³-hybridized carbons (Fsp3) is 0.238. The molecule has 0 bridgehead atoms. The van der Waals surface area contributed by atoms with Gasteiger partial charge < -0.3 is 15.5 Å². The molecule has 1 aliphatic rings. The molecule has 2 aromatic rings. The lowest BCUT2D eigenvalue weighted by molar-refractivity contribution is -0.117. The minimum atomic E-state index is -0.0963. The van der Waals surface area contributed by atoms with Crippen LogP contribution in [-0.2, 0) is 4.79 Å². The summed E-state index contributed by atoms with van der Waals surface area (Å²) < 4.78 is 0. The zero-order valence-electron chi connectivity index (χ0n) is 14.6. The molecular weight excluding hydrogens is 326 g/mol. The van der Waals surface area contributed by atoms with Gasteiger partial charge in [0.2, 0.25) is 5.91 Å². The number of urea groups is 1. The van der Waals surface area contributed by atoms with Gasteiger partial charge in [-0.3, -0.25) is 4.79 Å². The Hall–Kier alpha value is -3.08. The molecule has 5 nitrogen and oxygen atoms in total. The summed E-state index contributed by atoms with van der Waals surface area (Å²) in [5, 5.41) is 5.91. The van der Waals surface area contributed by atoms with Crippen LogP contribution < -0.4 is 10.6 Å². The zero-order valence-corrected chi connectivity index (χ0v) is 14.6. The number of hydrogen-bond acceptors (Lipinski definition) is 2. The van der Waals surface area contributed by atoms with E-state index in [9.17, 15) is 9.59 Å². The van der Waals surface area contributed by atoms with Gasteiger partial charge in [0.25, 0.3) is 0 Å². The van der Waals surface area contributed by atoms with Crippen molar-refractivity contribution < 1.29 is 9.59 Å². The second kappa shape index (κ2) is 8.85. The van der Waals surface area contributed by atoms with Crippen molar-refractivity contribution in [2.45, 2.75) is 18.9 Å². The number of nitrogens with zero attached hydrogens (tertiary/aromatic N) is 1. The first-order valence-corrected chi connectivity index (χ1v) is 8.85. The summed E-state index contributed by atoms with van der Waals surface area (Å²) in [6.45, 7) is 1.26. The maximum Gasteiger partial charge on any atom is 0.321 e. The lowest BCUT2D eigenvalue weighted by Crippen LogP contribution is -2.47. The van der Waals surface area contributed by atoms with E-state index in [0.717, 1.165) is 24.1 Å². The summed E-state index contributed by atoms with van der Waals surface area (Å²) in [6.07, 6.45) is 4.88. The van der Waals surface area contributed by atoms with Gasteiger partial charge in [0.15, 0.2) is 0 Å². The summed E-state index contributed by atoms with van der Waals surface area (Å²) in [5.74, 6) is -0.0963. The number of hydrogen-bond donors (Lipinski definition) is 2. The van der Waals surface area contributed by atoms with Crippen molar-refractivity contribution in [1.82, 2.24) is 10.2 Å². The molecular formula is C21H23N3O2. The van der Waals surface area contributed by atoms with Crippen molar-refractivity contribution in [3.8, 4) is 0 Å². The Kier molecular flexibility index (Phi) is 6.04. The van der Waals surface area contributed by atoms with Crippen molar-refractivity contribution in [2.24, 2.45) is 0 Å². The fourth-order valence-corrected chi connectivity index (χ4v) is 2.94. The molecule has 0 aliphatic carbocycles. The lowest BCUT2D eigenvalue weighted by Gasteiger charge is -2.32. The monoisotopic (exact) mass is 349 g/mol. The van der Waals surface area contributed by atoms with Crippen LogP contribution in [0, 0.1) is 0 Å². The Morgan fingerprint density at radius 1 is 0.923 bits per heavy atom. The third-order valence-electron chi connectivity index (χ3n) is 4.38. The van der Waals surface area contributed by atoms with Crippen LogP contribution in [0.3, 0.4) is 0 Å². The van der Waals surface area contributed by atoms with Gasteiger partial charge in [0.1, 0.15) is 0 Å². The molecule has 1 heterocycles. The summed E-state index contributed by atoms with van der Waals surface area (Å²) in [5.41, 5.74) is 1.79. The van der Waals surface area contributed by atoms with Crippen LogP contribution in [0.4, 0.5) is 10.5 Å². The first-order chi connectivity index (χ1) is 12.7. The van der Waals surface area contributed by atoms with Crippen LogP contribution >= 0.6 is 0 Å². The number of amides is 3. The number of para-hydroxylation sites is 1. The van der Waals surface area contributed by atoms with Crippen LogP contribution in [0.2, 0.25) is 0 Å². The van der Waals surface area contributed by atoms with Gasteiger partial charge in [0, 0.05) is 30.9 Å². The molecule has 1 saturated heterocycles. The lowest BCUT2D eigenvalue weighted by atomic mass is 10.1. The van der Waals surface area contributed by atoms with Crippen molar-refractivity contribution in [3.05, 3.63) is 72.3 Å².